The van der Waals surface area contributed by atoms with Gasteiger partial charge in [-0.05, 0) is 58.0 Å². The predicted molar refractivity (Wildman–Crippen MR) is 67.4 cm³/mol. The van der Waals surface area contributed by atoms with E-state index < -0.39 is 0 Å². The maximum atomic E-state index is 4.66. The molecular weight excluding hydrogens is 198 g/mol. The Morgan fingerprint density at radius 1 is 1.44 bits per heavy atom. The summed E-state index contributed by atoms with van der Waals surface area (Å²) in [5, 5.41) is 4.66. The molecule has 2 heterocycles. The van der Waals surface area contributed by atoms with Crippen molar-refractivity contribution in [3.8, 4) is 0 Å². The van der Waals surface area contributed by atoms with Crippen LogP contribution in [-0.4, -0.2) is 34.8 Å². The average Bonchev–Trinajstić information content (AvgIpc) is 2.61. The van der Waals surface area contributed by atoms with E-state index in [0.29, 0.717) is 6.04 Å². The maximum Gasteiger partial charge on any atom is 0.0903 e. The molecule has 88 valence electrons. The molecular formula is C13H21N3. The SMILES string of the molecule is C=C(C)c1nn(C2CCN(C)CC2)cc1C. The Hall–Kier alpha value is -1.09. The van der Waals surface area contributed by atoms with E-state index in [9.17, 15) is 0 Å². The second kappa shape index (κ2) is 4.42. The highest BCUT2D eigenvalue weighted by Crippen LogP contribution is 2.23. The lowest BCUT2D eigenvalue weighted by Gasteiger charge is -2.29. The first-order valence-electron chi connectivity index (χ1n) is 5.98. The molecule has 1 fully saturated rings. The van der Waals surface area contributed by atoms with Crippen LogP contribution >= 0.6 is 0 Å². The Morgan fingerprint density at radius 3 is 2.56 bits per heavy atom. The minimum atomic E-state index is 0.572. The molecule has 0 amide bonds. The summed E-state index contributed by atoms with van der Waals surface area (Å²) < 4.78 is 2.15. The fraction of sp³-hybridized carbons (Fsp3) is 0.615. The summed E-state index contributed by atoms with van der Waals surface area (Å²) in [5.41, 5.74) is 3.37. The number of aromatic nitrogens is 2. The fourth-order valence-corrected chi connectivity index (χ4v) is 2.35. The Morgan fingerprint density at radius 2 is 2.06 bits per heavy atom. The van der Waals surface area contributed by atoms with Crippen LogP contribution in [0.4, 0.5) is 0 Å². The van der Waals surface area contributed by atoms with Gasteiger partial charge in [-0.15, -0.1) is 0 Å². The number of piperidine rings is 1. The van der Waals surface area contributed by atoms with Crippen LogP contribution in [0, 0.1) is 6.92 Å². The zero-order valence-corrected chi connectivity index (χ0v) is 10.5. The van der Waals surface area contributed by atoms with E-state index in [2.05, 4.69) is 41.4 Å². The van der Waals surface area contributed by atoms with E-state index in [1.54, 1.807) is 0 Å². The molecule has 1 aromatic heterocycles. The Balaban J connectivity index is 2.15. The predicted octanol–water partition coefficient (Wildman–Crippen LogP) is 2.49. The first-order valence-corrected chi connectivity index (χ1v) is 5.98. The van der Waals surface area contributed by atoms with E-state index in [1.165, 1.54) is 31.5 Å². The summed E-state index contributed by atoms with van der Waals surface area (Å²) in [6.45, 7) is 10.5. The van der Waals surface area contributed by atoms with Crippen LogP contribution in [0.15, 0.2) is 12.8 Å². The lowest BCUT2D eigenvalue weighted by molar-refractivity contribution is 0.212. The van der Waals surface area contributed by atoms with E-state index in [-0.39, 0.29) is 0 Å². The van der Waals surface area contributed by atoms with E-state index in [4.69, 9.17) is 0 Å². The molecule has 1 aromatic rings. The molecule has 16 heavy (non-hydrogen) atoms. The van der Waals surface area contributed by atoms with Crippen LogP contribution in [0.3, 0.4) is 0 Å². The van der Waals surface area contributed by atoms with Gasteiger partial charge >= 0.3 is 0 Å². The van der Waals surface area contributed by atoms with Crippen LogP contribution < -0.4 is 0 Å². The number of rotatable bonds is 2. The van der Waals surface area contributed by atoms with Gasteiger partial charge in [-0.2, -0.15) is 5.10 Å². The van der Waals surface area contributed by atoms with Crippen LogP contribution in [0.25, 0.3) is 5.57 Å². The van der Waals surface area contributed by atoms with Crippen LogP contribution in [-0.2, 0) is 0 Å². The fourth-order valence-electron chi connectivity index (χ4n) is 2.35. The van der Waals surface area contributed by atoms with Crippen LogP contribution in [0.2, 0.25) is 0 Å². The van der Waals surface area contributed by atoms with E-state index in [1.807, 2.05) is 6.92 Å². The van der Waals surface area contributed by atoms with Crippen molar-refractivity contribution in [3.63, 3.8) is 0 Å². The minimum absolute atomic E-state index is 0.572. The molecule has 0 aliphatic carbocycles. The first kappa shape index (κ1) is 11.4. The topological polar surface area (TPSA) is 21.1 Å². The van der Waals surface area contributed by atoms with Gasteiger partial charge in [-0.1, -0.05) is 6.58 Å². The summed E-state index contributed by atoms with van der Waals surface area (Å²) in [5.74, 6) is 0. The zero-order valence-electron chi connectivity index (χ0n) is 10.5. The van der Waals surface area contributed by atoms with Gasteiger partial charge in [0.2, 0.25) is 0 Å². The molecule has 0 spiro atoms. The molecule has 3 nitrogen and oxygen atoms in total. The Kier molecular flexibility index (Phi) is 3.15. The molecule has 0 bridgehead atoms. The molecule has 3 heteroatoms. The molecule has 0 unspecified atom stereocenters. The number of allylic oxidation sites excluding steroid dienone is 1. The van der Waals surface area contributed by atoms with Crippen molar-refractivity contribution in [1.82, 2.24) is 14.7 Å². The first-order chi connectivity index (χ1) is 7.58. The second-order valence-electron chi connectivity index (χ2n) is 4.96. The molecule has 1 aliphatic heterocycles. The summed E-state index contributed by atoms with van der Waals surface area (Å²) in [6, 6.07) is 0.572. The van der Waals surface area contributed by atoms with Gasteiger partial charge in [0.15, 0.2) is 0 Å². The highest BCUT2D eigenvalue weighted by molar-refractivity contribution is 5.60. The van der Waals surface area contributed by atoms with Gasteiger partial charge in [0, 0.05) is 6.20 Å². The standard InChI is InChI=1S/C13H21N3/c1-10(2)13-11(3)9-16(14-13)12-5-7-15(4)8-6-12/h9,12H,1,5-8H2,2-4H3. The molecule has 0 saturated carbocycles. The number of likely N-dealkylation sites (tertiary alicyclic amines) is 1. The zero-order chi connectivity index (χ0) is 11.7. The minimum Gasteiger partial charge on any atom is -0.306 e. The third kappa shape index (κ3) is 2.19. The van der Waals surface area contributed by atoms with Gasteiger partial charge < -0.3 is 4.90 Å². The van der Waals surface area contributed by atoms with Crippen molar-refractivity contribution in [2.24, 2.45) is 0 Å². The highest BCUT2D eigenvalue weighted by atomic mass is 15.3. The maximum absolute atomic E-state index is 4.66. The molecule has 0 aromatic carbocycles. The molecule has 0 N–H and O–H groups in total. The van der Waals surface area contributed by atoms with Crippen LogP contribution in [0.5, 0.6) is 0 Å². The number of aryl methyl sites for hydroxylation is 1. The summed E-state index contributed by atoms with van der Waals surface area (Å²) >= 11 is 0. The second-order valence-corrected chi connectivity index (χ2v) is 4.96. The molecule has 1 aliphatic rings. The van der Waals surface area contributed by atoms with Gasteiger partial charge in [-0.25, -0.2) is 0 Å². The molecule has 2 rings (SSSR count). The van der Waals surface area contributed by atoms with E-state index >= 15 is 0 Å². The van der Waals surface area contributed by atoms with Crippen molar-refractivity contribution in [3.05, 3.63) is 24.0 Å². The largest absolute Gasteiger partial charge is 0.306 e. The van der Waals surface area contributed by atoms with Crippen molar-refractivity contribution >= 4 is 5.57 Å². The summed E-state index contributed by atoms with van der Waals surface area (Å²) in [7, 11) is 2.18. The normalized spacial score (nSPS) is 18.9. The monoisotopic (exact) mass is 219 g/mol. The van der Waals surface area contributed by atoms with Gasteiger partial charge in [-0.3, -0.25) is 4.68 Å². The van der Waals surface area contributed by atoms with Crippen LogP contribution in [0.1, 0.15) is 37.1 Å². The Labute approximate surface area is 97.8 Å². The molecule has 0 atom stereocenters. The summed E-state index contributed by atoms with van der Waals surface area (Å²) in [6.07, 6.45) is 4.57. The Bertz CT molecular complexity index is 384. The number of hydrogen-bond acceptors (Lipinski definition) is 2. The van der Waals surface area contributed by atoms with Crippen molar-refractivity contribution in [2.45, 2.75) is 32.7 Å². The third-order valence-corrected chi connectivity index (χ3v) is 3.38. The lowest BCUT2D eigenvalue weighted by Crippen LogP contribution is -2.31. The van der Waals surface area contributed by atoms with Crippen molar-refractivity contribution < 1.29 is 0 Å². The average molecular weight is 219 g/mol. The smallest absolute Gasteiger partial charge is 0.0903 e. The highest BCUT2D eigenvalue weighted by Gasteiger charge is 2.19. The number of hydrogen-bond donors (Lipinski definition) is 0. The quantitative estimate of drug-likeness (QED) is 0.762. The summed E-state index contributed by atoms with van der Waals surface area (Å²) in [4.78, 5) is 2.38. The van der Waals surface area contributed by atoms with Crippen molar-refractivity contribution in [1.29, 1.82) is 0 Å². The van der Waals surface area contributed by atoms with Gasteiger partial charge in [0.1, 0.15) is 0 Å². The van der Waals surface area contributed by atoms with E-state index in [0.717, 1.165) is 11.3 Å². The van der Waals surface area contributed by atoms with Gasteiger partial charge in [0.05, 0.1) is 11.7 Å². The third-order valence-electron chi connectivity index (χ3n) is 3.38. The molecule has 1 saturated heterocycles. The number of nitrogens with zero attached hydrogens (tertiary/aromatic N) is 3. The van der Waals surface area contributed by atoms with Crippen molar-refractivity contribution in [2.75, 3.05) is 20.1 Å². The molecule has 0 radical (unpaired) electrons. The lowest BCUT2D eigenvalue weighted by atomic mass is 10.1. The van der Waals surface area contributed by atoms with Gasteiger partial charge in [0.25, 0.3) is 0 Å².